The number of carboxylic acid groups (broad SMARTS) is 1. The lowest BCUT2D eigenvalue weighted by Crippen LogP contribution is -2.41. The van der Waals surface area contributed by atoms with E-state index >= 15 is 0 Å². The molecule has 1 N–H and O–H groups in total. The van der Waals surface area contributed by atoms with Crippen molar-refractivity contribution in [3.8, 4) is 0 Å². The van der Waals surface area contributed by atoms with Crippen molar-refractivity contribution in [2.45, 2.75) is 24.8 Å². The van der Waals surface area contributed by atoms with Crippen molar-refractivity contribution in [1.29, 1.82) is 0 Å². The summed E-state index contributed by atoms with van der Waals surface area (Å²) in [7, 11) is -3.75. The Labute approximate surface area is 116 Å². The normalized spacial score (nSPS) is 20.6. The van der Waals surface area contributed by atoms with E-state index in [1.54, 1.807) is 19.1 Å². The van der Waals surface area contributed by atoms with Crippen molar-refractivity contribution >= 4 is 27.8 Å². The molecule has 1 aliphatic rings. The summed E-state index contributed by atoms with van der Waals surface area (Å²) >= 11 is 1.32. The Morgan fingerprint density at radius 3 is 2.74 bits per heavy atom. The van der Waals surface area contributed by atoms with Crippen LogP contribution in [0.25, 0.3) is 0 Å². The molecule has 104 valence electrons. The van der Waals surface area contributed by atoms with Crippen molar-refractivity contribution in [2.24, 2.45) is 0 Å². The van der Waals surface area contributed by atoms with E-state index in [1.807, 2.05) is 13.0 Å². The molecule has 1 atom stereocenters. The van der Waals surface area contributed by atoms with E-state index in [9.17, 15) is 13.2 Å². The Hall–Kier alpha value is -1.05. The largest absolute Gasteiger partial charge is 0.480 e. The van der Waals surface area contributed by atoms with Gasteiger partial charge in [-0.3, -0.25) is 4.79 Å². The predicted octanol–water partition coefficient (Wildman–Crippen LogP) is 1.45. The Morgan fingerprint density at radius 1 is 1.42 bits per heavy atom. The van der Waals surface area contributed by atoms with E-state index in [0.29, 0.717) is 11.3 Å². The van der Waals surface area contributed by atoms with Gasteiger partial charge < -0.3 is 5.11 Å². The SMILES string of the molecule is Cc1ccc(C)c(S(=O)(=O)N2CSCC2C(=O)O)c1. The van der Waals surface area contributed by atoms with Gasteiger partial charge in [0.2, 0.25) is 10.0 Å². The second-order valence-corrected chi connectivity index (χ2v) is 7.37. The molecule has 1 aromatic carbocycles. The van der Waals surface area contributed by atoms with Crippen LogP contribution in [0.4, 0.5) is 0 Å². The first-order valence-electron chi connectivity index (χ1n) is 5.73. The van der Waals surface area contributed by atoms with Gasteiger partial charge in [-0.05, 0) is 31.0 Å². The lowest BCUT2D eigenvalue weighted by atomic mass is 10.2. The lowest BCUT2D eigenvalue weighted by Gasteiger charge is -2.21. The van der Waals surface area contributed by atoms with E-state index in [0.717, 1.165) is 9.87 Å². The van der Waals surface area contributed by atoms with Crippen LogP contribution in [-0.4, -0.2) is 41.5 Å². The minimum absolute atomic E-state index is 0.187. The van der Waals surface area contributed by atoms with E-state index in [4.69, 9.17) is 5.11 Å². The van der Waals surface area contributed by atoms with Crippen LogP contribution in [-0.2, 0) is 14.8 Å². The number of aryl methyl sites for hydroxylation is 2. The first-order chi connectivity index (χ1) is 8.84. The zero-order valence-corrected chi connectivity index (χ0v) is 12.3. The highest BCUT2D eigenvalue weighted by atomic mass is 32.2. The molecule has 0 saturated carbocycles. The molecule has 0 spiro atoms. The summed E-state index contributed by atoms with van der Waals surface area (Å²) < 4.78 is 26.2. The topological polar surface area (TPSA) is 74.7 Å². The summed E-state index contributed by atoms with van der Waals surface area (Å²) in [4.78, 5) is 11.3. The highest BCUT2D eigenvalue weighted by Gasteiger charge is 2.40. The molecular formula is C12H15NO4S2. The summed E-state index contributed by atoms with van der Waals surface area (Å²) in [6.07, 6.45) is 0. The van der Waals surface area contributed by atoms with Crippen LogP contribution in [0.3, 0.4) is 0 Å². The molecule has 1 heterocycles. The molecule has 1 aromatic rings. The second-order valence-electron chi connectivity index (χ2n) is 4.52. The minimum Gasteiger partial charge on any atom is -0.480 e. The highest BCUT2D eigenvalue weighted by molar-refractivity contribution is 8.00. The molecule has 0 aromatic heterocycles. The number of sulfonamides is 1. The zero-order valence-electron chi connectivity index (χ0n) is 10.7. The summed E-state index contributed by atoms with van der Waals surface area (Å²) in [6, 6.07) is 4.19. The summed E-state index contributed by atoms with van der Waals surface area (Å²) in [6.45, 7) is 3.52. The maximum Gasteiger partial charge on any atom is 0.322 e. The van der Waals surface area contributed by atoms with E-state index in [-0.39, 0.29) is 10.8 Å². The fourth-order valence-corrected chi connectivity index (χ4v) is 5.42. The Kier molecular flexibility index (Phi) is 3.89. The van der Waals surface area contributed by atoms with E-state index in [2.05, 4.69) is 0 Å². The number of hydrogen-bond donors (Lipinski definition) is 1. The molecule has 1 fully saturated rings. The zero-order chi connectivity index (χ0) is 14.2. The monoisotopic (exact) mass is 301 g/mol. The van der Waals surface area contributed by atoms with Gasteiger partial charge in [0.25, 0.3) is 0 Å². The molecule has 0 aliphatic carbocycles. The Morgan fingerprint density at radius 2 is 2.11 bits per heavy atom. The van der Waals surface area contributed by atoms with Gasteiger partial charge in [0.1, 0.15) is 6.04 Å². The number of carbonyl (C=O) groups is 1. The number of rotatable bonds is 3. The van der Waals surface area contributed by atoms with Gasteiger partial charge in [-0.1, -0.05) is 12.1 Å². The van der Waals surface area contributed by atoms with Crippen molar-refractivity contribution in [1.82, 2.24) is 4.31 Å². The Balaban J connectivity index is 2.48. The maximum atomic E-state index is 12.6. The smallest absolute Gasteiger partial charge is 0.322 e. The molecule has 7 heteroatoms. The molecule has 1 unspecified atom stereocenters. The molecule has 5 nitrogen and oxygen atoms in total. The number of hydrogen-bond acceptors (Lipinski definition) is 4. The third kappa shape index (κ3) is 2.63. The fourth-order valence-electron chi connectivity index (χ4n) is 1.97. The highest BCUT2D eigenvalue weighted by Crippen LogP contribution is 2.30. The van der Waals surface area contributed by atoms with Crippen LogP contribution in [0.1, 0.15) is 11.1 Å². The van der Waals surface area contributed by atoms with Crippen LogP contribution in [0.15, 0.2) is 23.1 Å². The maximum absolute atomic E-state index is 12.6. The standard InChI is InChI=1S/C12H15NO4S2/c1-8-3-4-9(2)11(5-8)19(16,17)13-7-18-6-10(13)12(14)15/h3-5,10H,6-7H2,1-2H3,(H,14,15). The molecule has 1 aliphatic heterocycles. The molecule has 2 rings (SSSR count). The lowest BCUT2D eigenvalue weighted by molar-refractivity contribution is -0.140. The van der Waals surface area contributed by atoms with Crippen LogP contribution < -0.4 is 0 Å². The summed E-state index contributed by atoms with van der Waals surface area (Å²) in [5.74, 6) is -0.620. The first-order valence-corrected chi connectivity index (χ1v) is 8.33. The quantitative estimate of drug-likeness (QED) is 0.914. The predicted molar refractivity (Wildman–Crippen MR) is 73.7 cm³/mol. The van der Waals surface area contributed by atoms with Crippen molar-refractivity contribution in [3.05, 3.63) is 29.3 Å². The molecule has 0 bridgehead atoms. The second kappa shape index (κ2) is 5.15. The molecule has 1 saturated heterocycles. The van der Waals surface area contributed by atoms with Gasteiger partial charge in [-0.25, -0.2) is 8.42 Å². The average Bonchev–Trinajstić information content (AvgIpc) is 2.82. The number of thioether (sulfide) groups is 1. The van der Waals surface area contributed by atoms with Gasteiger partial charge in [0.05, 0.1) is 10.8 Å². The van der Waals surface area contributed by atoms with Crippen molar-refractivity contribution in [3.63, 3.8) is 0 Å². The molecule has 0 radical (unpaired) electrons. The fraction of sp³-hybridized carbons (Fsp3) is 0.417. The number of benzene rings is 1. The molecule has 19 heavy (non-hydrogen) atoms. The van der Waals surface area contributed by atoms with Gasteiger partial charge in [0.15, 0.2) is 0 Å². The van der Waals surface area contributed by atoms with E-state index in [1.165, 1.54) is 11.8 Å². The van der Waals surface area contributed by atoms with Gasteiger partial charge in [-0.15, -0.1) is 11.8 Å². The average molecular weight is 301 g/mol. The molecular weight excluding hydrogens is 286 g/mol. The number of carboxylic acids is 1. The van der Waals surface area contributed by atoms with E-state index < -0.39 is 22.0 Å². The third-order valence-electron chi connectivity index (χ3n) is 3.06. The summed E-state index contributed by atoms with van der Waals surface area (Å²) in [5, 5.41) is 9.10. The van der Waals surface area contributed by atoms with Crippen molar-refractivity contribution in [2.75, 3.05) is 11.6 Å². The molecule has 0 amide bonds. The first kappa shape index (κ1) is 14.4. The number of nitrogens with zero attached hydrogens (tertiary/aromatic N) is 1. The number of aliphatic carboxylic acids is 1. The van der Waals surface area contributed by atoms with Crippen LogP contribution in [0.5, 0.6) is 0 Å². The minimum atomic E-state index is -3.75. The van der Waals surface area contributed by atoms with Gasteiger partial charge in [-0.2, -0.15) is 4.31 Å². The van der Waals surface area contributed by atoms with Crippen molar-refractivity contribution < 1.29 is 18.3 Å². The van der Waals surface area contributed by atoms with Gasteiger partial charge in [0, 0.05) is 5.75 Å². The Bertz CT molecular complexity index is 612. The van der Waals surface area contributed by atoms with Crippen LogP contribution >= 0.6 is 11.8 Å². The van der Waals surface area contributed by atoms with Gasteiger partial charge >= 0.3 is 5.97 Å². The van der Waals surface area contributed by atoms with Crippen LogP contribution in [0, 0.1) is 13.8 Å². The third-order valence-corrected chi connectivity index (χ3v) is 6.23. The van der Waals surface area contributed by atoms with Crippen LogP contribution in [0.2, 0.25) is 0 Å². The summed E-state index contributed by atoms with van der Waals surface area (Å²) in [5.41, 5.74) is 1.47.